The predicted molar refractivity (Wildman–Crippen MR) is 129 cm³/mol. The van der Waals surface area contributed by atoms with Crippen LogP contribution in [0.5, 0.6) is 0 Å². The van der Waals surface area contributed by atoms with Crippen LogP contribution in [-0.4, -0.2) is 47.9 Å². The number of benzene rings is 2. The van der Waals surface area contributed by atoms with Gasteiger partial charge in [0.2, 0.25) is 5.91 Å². The Balaban J connectivity index is 1.21. The molecule has 1 saturated heterocycles. The van der Waals surface area contributed by atoms with Crippen molar-refractivity contribution in [1.29, 1.82) is 0 Å². The van der Waals surface area contributed by atoms with Crippen LogP contribution in [0, 0.1) is 19.8 Å². The maximum Gasteiger partial charge on any atom is 0.285 e. The number of carbonyl (C=O) groups is 1. The second-order valence-corrected chi connectivity index (χ2v) is 10.3. The van der Waals surface area contributed by atoms with Crippen molar-refractivity contribution in [3.8, 4) is 5.69 Å². The molecule has 0 aliphatic carbocycles. The standard InChI is InChI=1S/C25H27N5O3S/c1-17-22(18(2)30(27-17)20-8-4-3-5-9-20)16-26-25(31)19-12-14-29(15-13-19)24-21-10-6-7-11-23(21)34(32,33)28-24/h3-11,19H,12-16H2,1-2H3,(H,26,31). The van der Waals surface area contributed by atoms with Gasteiger partial charge in [0.1, 0.15) is 4.90 Å². The Morgan fingerprint density at radius 2 is 1.71 bits per heavy atom. The summed E-state index contributed by atoms with van der Waals surface area (Å²) in [6, 6.07) is 16.8. The summed E-state index contributed by atoms with van der Waals surface area (Å²) in [5.41, 5.74) is 4.57. The number of amidine groups is 1. The van der Waals surface area contributed by atoms with Gasteiger partial charge in [-0.1, -0.05) is 30.3 Å². The van der Waals surface area contributed by atoms with E-state index in [2.05, 4.69) is 14.8 Å². The fraction of sp³-hybridized carbons (Fsp3) is 0.320. The minimum atomic E-state index is -3.64. The summed E-state index contributed by atoms with van der Waals surface area (Å²) in [6.07, 6.45) is 1.29. The molecule has 2 aromatic carbocycles. The van der Waals surface area contributed by atoms with E-state index in [9.17, 15) is 13.2 Å². The normalized spacial score (nSPS) is 17.4. The van der Waals surface area contributed by atoms with Gasteiger partial charge in [-0.15, -0.1) is 4.40 Å². The molecule has 34 heavy (non-hydrogen) atoms. The number of sulfonamides is 1. The first-order valence-electron chi connectivity index (χ1n) is 11.4. The summed E-state index contributed by atoms with van der Waals surface area (Å²) >= 11 is 0. The van der Waals surface area contributed by atoms with E-state index >= 15 is 0 Å². The number of hydrogen-bond donors (Lipinski definition) is 1. The van der Waals surface area contributed by atoms with Gasteiger partial charge in [-0.05, 0) is 51.0 Å². The number of aryl methyl sites for hydroxylation is 1. The molecule has 176 valence electrons. The zero-order valence-corrected chi connectivity index (χ0v) is 20.0. The lowest BCUT2D eigenvalue weighted by atomic mass is 9.95. The first-order chi connectivity index (χ1) is 16.3. The number of carbonyl (C=O) groups excluding carboxylic acids is 1. The Morgan fingerprint density at radius 1 is 1.03 bits per heavy atom. The van der Waals surface area contributed by atoms with Crippen LogP contribution in [-0.2, 0) is 21.4 Å². The van der Waals surface area contributed by atoms with Crippen LogP contribution in [0.25, 0.3) is 5.69 Å². The van der Waals surface area contributed by atoms with Crippen molar-refractivity contribution < 1.29 is 13.2 Å². The molecule has 1 fully saturated rings. The molecule has 8 nitrogen and oxygen atoms in total. The number of likely N-dealkylation sites (tertiary alicyclic amines) is 1. The second-order valence-electron chi connectivity index (χ2n) is 8.76. The summed E-state index contributed by atoms with van der Waals surface area (Å²) < 4.78 is 30.6. The average molecular weight is 478 g/mol. The first-order valence-corrected chi connectivity index (χ1v) is 12.9. The van der Waals surface area contributed by atoms with Gasteiger partial charge < -0.3 is 10.2 Å². The lowest BCUT2D eigenvalue weighted by Gasteiger charge is -2.32. The molecule has 3 heterocycles. The van der Waals surface area contributed by atoms with Crippen molar-refractivity contribution in [2.24, 2.45) is 10.3 Å². The number of aromatic nitrogens is 2. The highest BCUT2D eigenvalue weighted by Gasteiger charge is 2.34. The van der Waals surface area contributed by atoms with E-state index in [4.69, 9.17) is 0 Å². The molecule has 0 atom stereocenters. The zero-order chi connectivity index (χ0) is 23.9. The number of para-hydroxylation sites is 1. The molecule has 0 unspecified atom stereocenters. The van der Waals surface area contributed by atoms with Crippen LogP contribution < -0.4 is 5.32 Å². The average Bonchev–Trinajstić information content (AvgIpc) is 3.30. The zero-order valence-electron chi connectivity index (χ0n) is 19.2. The molecule has 0 radical (unpaired) electrons. The molecule has 5 rings (SSSR count). The Bertz CT molecular complexity index is 1370. The van der Waals surface area contributed by atoms with Gasteiger partial charge in [-0.2, -0.15) is 13.5 Å². The molecule has 3 aromatic rings. The maximum absolute atomic E-state index is 12.9. The Morgan fingerprint density at radius 3 is 2.44 bits per heavy atom. The summed E-state index contributed by atoms with van der Waals surface area (Å²) in [4.78, 5) is 15.2. The topological polar surface area (TPSA) is 96.7 Å². The fourth-order valence-corrected chi connectivity index (χ4v) is 5.97. The van der Waals surface area contributed by atoms with Gasteiger partial charge in [0, 0.05) is 42.4 Å². The first kappa shape index (κ1) is 22.3. The number of nitrogens with zero attached hydrogens (tertiary/aromatic N) is 4. The van der Waals surface area contributed by atoms with E-state index in [-0.39, 0.29) is 16.7 Å². The Labute approximate surface area is 199 Å². The third kappa shape index (κ3) is 4.00. The number of fused-ring (bicyclic) bond motifs is 1. The predicted octanol–water partition coefficient (Wildman–Crippen LogP) is 2.97. The van der Waals surface area contributed by atoms with Crippen molar-refractivity contribution in [2.45, 2.75) is 38.1 Å². The van der Waals surface area contributed by atoms with Crippen molar-refractivity contribution in [3.63, 3.8) is 0 Å². The Hall–Kier alpha value is -3.46. The van der Waals surface area contributed by atoms with Crippen LogP contribution in [0.2, 0.25) is 0 Å². The van der Waals surface area contributed by atoms with Crippen molar-refractivity contribution in [3.05, 3.63) is 77.1 Å². The van der Waals surface area contributed by atoms with Crippen molar-refractivity contribution in [1.82, 2.24) is 20.0 Å². The van der Waals surface area contributed by atoms with Gasteiger partial charge in [0.05, 0.1) is 11.4 Å². The highest BCUT2D eigenvalue weighted by molar-refractivity contribution is 7.90. The molecular formula is C25H27N5O3S. The van der Waals surface area contributed by atoms with E-state index in [1.165, 1.54) is 0 Å². The number of amides is 1. The molecule has 1 amide bonds. The second kappa shape index (κ2) is 8.72. The molecular weight excluding hydrogens is 450 g/mol. The largest absolute Gasteiger partial charge is 0.355 e. The van der Waals surface area contributed by atoms with Gasteiger partial charge in [0.25, 0.3) is 10.0 Å². The molecule has 0 saturated carbocycles. The minimum absolute atomic E-state index is 0.0206. The summed E-state index contributed by atoms with van der Waals surface area (Å²) in [7, 11) is -3.64. The van der Waals surface area contributed by atoms with Crippen LogP contribution in [0.4, 0.5) is 0 Å². The number of hydrogen-bond acceptors (Lipinski definition) is 5. The molecule has 1 N–H and O–H groups in total. The molecule has 0 bridgehead atoms. The van der Waals surface area contributed by atoms with Crippen LogP contribution in [0.3, 0.4) is 0 Å². The summed E-state index contributed by atoms with van der Waals surface area (Å²) in [6.45, 7) is 5.58. The smallest absolute Gasteiger partial charge is 0.285 e. The lowest BCUT2D eigenvalue weighted by Crippen LogP contribution is -2.43. The van der Waals surface area contributed by atoms with Gasteiger partial charge in [-0.3, -0.25) is 4.79 Å². The highest BCUT2D eigenvalue weighted by Crippen LogP contribution is 2.29. The molecule has 0 spiro atoms. The van der Waals surface area contributed by atoms with E-state index in [1.54, 1.807) is 18.2 Å². The molecule has 2 aliphatic rings. The summed E-state index contributed by atoms with van der Waals surface area (Å²) in [5, 5.41) is 7.74. The van der Waals surface area contributed by atoms with Gasteiger partial charge >= 0.3 is 0 Å². The third-order valence-electron chi connectivity index (χ3n) is 6.66. The SMILES string of the molecule is Cc1nn(-c2ccccc2)c(C)c1CNC(=O)C1CCN(C2=NS(=O)(=O)c3ccccc32)CC1. The van der Waals surface area contributed by atoms with Crippen molar-refractivity contribution in [2.75, 3.05) is 13.1 Å². The maximum atomic E-state index is 12.9. The Kier molecular flexibility index (Phi) is 5.73. The van der Waals surface area contributed by atoms with E-state index < -0.39 is 10.0 Å². The van der Waals surface area contributed by atoms with Crippen LogP contribution in [0.1, 0.15) is 35.4 Å². The van der Waals surface area contributed by atoms with E-state index in [0.717, 1.165) is 22.6 Å². The third-order valence-corrected chi connectivity index (χ3v) is 7.98. The molecule has 2 aliphatic heterocycles. The van der Waals surface area contributed by atoms with Gasteiger partial charge in [0.15, 0.2) is 5.84 Å². The van der Waals surface area contributed by atoms with E-state index in [0.29, 0.717) is 43.9 Å². The minimum Gasteiger partial charge on any atom is -0.355 e. The van der Waals surface area contributed by atoms with Crippen LogP contribution in [0.15, 0.2) is 63.9 Å². The molecule has 1 aromatic heterocycles. The fourth-order valence-electron chi connectivity index (χ4n) is 4.74. The highest BCUT2D eigenvalue weighted by atomic mass is 32.2. The van der Waals surface area contributed by atoms with E-state index in [1.807, 2.05) is 59.8 Å². The van der Waals surface area contributed by atoms with Gasteiger partial charge in [-0.25, -0.2) is 4.68 Å². The quantitative estimate of drug-likeness (QED) is 0.623. The summed E-state index contributed by atoms with van der Waals surface area (Å²) in [5.74, 6) is 0.399. The number of piperidine rings is 1. The number of rotatable bonds is 4. The van der Waals surface area contributed by atoms with Crippen molar-refractivity contribution >= 4 is 21.8 Å². The van der Waals surface area contributed by atoms with Crippen LogP contribution >= 0.6 is 0 Å². The monoisotopic (exact) mass is 477 g/mol. The number of nitrogens with one attached hydrogen (secondary N) is 1. The molecule has 9 heteroatoms. The lowest BCUT2D eigenvalue weighted by molar-refractivity contribution is -0.126.